The SMILES string of the molecule is Nc1cc(-c2cnc3ccccc3c2)on1. The van der Waals surface area contributed by atoms with Gasteiger partial charge in [0, 0.05) is 23.2 Å². The number of para-hydroxylation sites is 1. The maximum absolute atomic E-state index is 5.50. The molecular formula is C12H9N3O. The summed E-state index contributed by atoms with van der Waals surface area (Å²) in [6, 6.07) is 11.6. The van der Waals surface area contributed by atoms with Crippen molar-refractivity contribution in [1.29, 1.82) is 0 Å². The van der Waals surface area contributed by atoms with Gasteiger partial charge in [0.05, 0.1) is 5.52 Å². The van der Waals surface area contributed by atoms with Crippen LogP contribution in [0.25, 0.3) is 22.2 Å². The van der Waals surface area contributed by atoms with E-state index in [0.29, 0.717) is 11.6 Å². The van der Waals surface area contributed by atoms with Crippen molar-refractivity contribution in [1.82, 2.24) is 10.1 Å². The first-order chi connectivity index (χ1) is 7.83. The molecule has 0 saturated carbocycles. The Labute approximate surface area is 91.7 Å². The van der Waals surface area contributed by atoms with Gasteiger partial charge in [-0.2, -0.15) is 0 Å². The van der Waals surface area contributed by atoms with Crippen molar-refractivity contribution >= 4 is 16.7 Å². The first kappa shape index (κ1) is 8.91. The maximum Gasteiger partial charge on any atom is 0.170 e. The van der Waals surface area contributed by atoms with Crippen molar-refractivity contribution in [3.63, 3.8) is 0 Å². The molecule has 0 unspecified atom stereocenters. The topological polar surface area (TPSA) is 64.9 Å². The molecule has 0 aliphatic heterocycles. The molecule has 0 atom stereocenters. The quantitative estimate of drug-likeness (QED) is 0.671. The van der Waals surface area contributed by atoms with E-state index >= 15 is 0 Å². The minimum atomic E-state index is 0.378. The molecular weight excluding hydrogens is 202 g/mol. The van der Waals surface area contributed by atoms with Crippen molar-refractivity contribution in [2.24, 2.45) is 0 Å². The summed E-state index contributed by atoms with van der Waals surface area (Å²) in [5.41, 5.74) is 7.34. The molecule has 78 valence electrons. The van der Waals surface area contributed by atoms with Gasteiger partial charge < -0.3 is 10.3 Å². The second-order valence-electron chi connectivity index (χ2n) is 3.53. The minimum absolute atomic E-state index is 0.378. The van der Waals surface area contributed by atoms with Crippen LogP contribution in [-0.4, -0.2) is 10.1 Å². The van der Waals surface area contributed by atoms with Crippen LogP contribution in [0.3, 0.4) is 0 Å². The number of nitrogen functional groups attached to an aromatic ring is 1. The van der Waals surface area contributed by atoms with Gasteiger partial charge >= 0.3 is 0 Å². The summed E-state index contributed by atoms with van der Waals surface area (Å²) in [6.45, 7) is 0. The van der Waals surface area contributed by atoms with Gasteiger partial charge in [0.25, 0.3) is 0 Å². The van der Waals surface area contributed by atoms with E-state index in [9.17, 15) is 0 Å². The number of aromatic nitrogens is 2. The van der Waals surface area contributed by atoms with Crippen LogP contribution in [0.1, 0.15) is 0 Å². The average molecular weight is 211 g/mol. The Kier molecular flexibility index (Phi) is 1.86. The van der Waals surface area contributed by atoms with E-state index in [2.05, 4.69) is 10.1 Å². The maximum atomic E-state index is 5.50. The summed E-state index contributed by atoms with van der Waals surface area (Å²) in [7, 11) is 0. The van der Waals surface area contributed by atoms with Gasteiger partial charge in [-0.15, -0.1) is 0 Å². The Morgan fingerprint density at radius 2 is 2.00 bits per heavy atom. The van der Waals surface area contributed by atoms with Crippen LogP contribution in [0.2, 0.25) is 0 Å². The molecule has 0 aliphatic carbocycles. The molecule has 1 aromatic carbocycles. The zero-order valence-corrected chi connectivity index (χ0v) is 8.42. The molecule has 0 saturated heterocycles. The van der Waals surface area contributed by atoms with Crippen molar-refractivity contribution in [3.05, 3.63) is 42.6 Å². The highest BCUT2D eigenvalue weighted by Crippen LogP contribution is 2.23. The Hall–Kier alpha value is -2.36. The normalized spacial score (nSPS) is 10.8. The number of anilines is 1. The number of nitrogens with two attached hydrogens (primary N) is 1. The highest BCUT2D eigenvalue weighted by atomic mass is 16.5. The first-order valence-electron chi connectivity index (χ1n) is 4.90. The Morgan fingerprint density at radius 1 is 1.12 bits per heavy atom. The number of hydrogen-bond acceptors (Lipinski definition) is 4. The zero-order chi connectivity index (χ0) is 11.0. The summed E-state index contributed by atoms with van der Waals surface area (Å²) < 4.78 is 5.08. The minimum Gasteiger partial charge on any atom is -0.381 e. The van der Waals surface area contributed by atoms with E-state index in [4.69, 9.17) is 10.3 Å². The lowest BCUT2D eigenvalue weighted by molar-refractivity contribution is 0.436. The van der Waals surface area contributed by atoms with E-state index in [1.807, 2.05) is 30.3 Å². The molecule has 0 radical (unpaired) electrons. The third kappa shape index (κ3) is 1.40. The third-order valence-corrected chi connectivity index (χ3v) is 2.40. The lowest BCUT2D eigenvalue weighted by atomic mass is 10.1. The molecule has 4 heteroatoms. The van der Waals surface area contributed by atoms with Gasteiger partial charge in [-0.05, 0) is 12.1 Å². The third-order valence-electron chi connectivity index (χ3n) is 2.40. The van der Waals surface area contributed by atoms with Crippen molar-refractivity contribution < 1.29 is 4.52 Å². The van der Waals surface area contributed by atoms with Gasteiger partial charge in [-0.1, -0.05) is 23.4 Å². The Morgan fingerprint density at radius 3 is 2.81 bits per heavy atom. The van der Waals surface area contributed by atoms with Gasteiger partial charge in [-0.3, -0.25) is 4.98 Å². The molecule has 0 amide bonds. The molecule has 2 heterocycles. The standard InChI is InChI=1S/C12H9N3O/c13-12-6-11(16-15-12)9-5-8-3-1-2-4-10(8)14-7-9/h1-7H,(H2,13,15). The highest BCUT2D eigenvalue weighted by molar-refractivity contribution is 5.82. The lowest BCUT2D eigenvalue weighted by Crippen LogP contribution is -1.81. The fraction of sp³-hybridized carbons (Fsp3) is 0. The summed E-state index contributed by atoms with van der Waals surface area (Å²) in [5, 5.41) is 4.71. The van der Waals surface area contributed by atoms with Crippen LogP contribution in [0.5, 0.6) is 0 Å². The lowest BCUT2D eigenvalue weighted by Gasteiger charge is -1.98. The fourth-order valence-corrected chi connectivity index (χ4v) is 1.63. The van der Waals surface area contributed by atoms with E-state index in [0.717, 1.165) is 16.5 Å². The molecule has 4 nitrogen and oxygen atoms in total. The monoisotopic (exact) mass is 211 g/mol. The molecule has 0 spiro atoms. The predicted molar refractivity (Wildman–Crippen MR) is 61.7 cm³/mol. The molecule has 0 fully saturated rings. The van der Waals surface area contributed by atoms with E-state index in [1.54, 1.807) is 12.3 Å². The summed E-state index contributed by atoms with van der Waals surface area (Å²) in [4.78, 5) is 4.34. The second kappa shape index (κ2) is 3.34. The van der Waals surface area contributed by atoms with Crippen molar-refractivity contribution in [3.8, 4) is 11.3 Å². The van der Waals surface area contributed by atoms with Gasteiger partial charge in [0.1, 0.15) is 0 Å². The molecule has 3 aromatic rings. The van der Waals surface area contributed by atoms with Crippen LogP contribution in [-0.2, 0) is 0 Å². The van der Waals surface area contributed by atoms with Crippen LogP contribution < -0.4 is 5.73 Å². The second-order valence-corrected chi connectivity index (χ2v) is 3.53. The van der Waals surface area contributed by atoms with E-state index in [-0.39, 0.29) is 0 Å². The largest absolute Gasteiger partial charge is 0.381 e. The summed E-state index contributed by atoms with van der Waals surface area (Å²) >= 11 is 0. The molecule has 0 aliphatic rings. The number of fused-ring (bicyclic) bond motifs is 1. The molecule has 0 bridgehead atoms. The Bertz CT molecular complexity index is 645. The number of benzene rings is 1. The number of pyridine rings is 1. The van der Waals surface area contributed by atoms with Crippen LogP contribution in [0.4, 0.5) is 5.82 Å². The van der Waals surface area contributed by atoms with E-state index in [1.165, 1.54) is 0 Å². The van der Waals surface area contributed by atoms with Crippen molar-refractivity contribution in [2.75, 3.05) is 5.73 Å². The summed E-state index contributed by atoms with van der Waals surface area (Å²) in [6.07, 6.45) is 1.75. The fourth-order valence-electron chi connectivity index (χ4n) is 1.63. The number of rotatable bonds is 1. The number of nitrogens with zero attached hydrogens (tertiary/aromatic N) is 2. The molecule has 2 aromatic heterocycles. The highest BCUT2D eigenvalue weighted by Gasteiger charge is 2.05. The van der Waals surface area contributed by atoms with Crippen LogP contribution in [0.15, 0.2) is 47.1 Å². The number of hydrogen-bond donors (Lipinski definition) is 1. The molecule has 3 rings (SSSR count). The Balaban J connectivity index is 2.18. The van der Waals surface area contributed by atoms with Crippen LogP contribution >= 0.6 is 0 Å². The summed E-state index contributed by atoms with van der Waals surface area (Å²) in [5.74, 6) is 1.01. The van der Waals surface area contributed by atoms with Gasteiger partial charge in [-0.25, -0.2) is 0 Å². The molecule has 2 N–H and O–H groups in total. The smallest absolute Gasteiger partial charge is 0.170 e. The van der Waals surface area contributed by atoms with Crippen molar-refractivity contribution in [2.45, 2.75) is 0 Å². The zero-order valence-electron chi connectivity index (χ0n) is 8.42. The molecule has 16 heavy (non-hydrogen) atoms. The van der Waals surface area contributed by atoms with Gasteiger partial charge in [0.2, 0.25) is 0 Å². The van der Waals surface area contributed by atoms with Crippen LogP contribution in [0, 0.1) is 0 Å². The average Bonchev–Trinajstić information content (AvgIpc) is 2.75. The van der Waals surface area contributed by atoms with E-state index < -0.39 is 0 Å². The predicted octanol–water partition coefficient (Wildman–Crippen LogP) is 2.47. The van der Waals surface area contributed by atoms with Gasteiger partial charge in [0.15, 0.2) is 11.6 Å². The first-order valence-corrected chi connectivity index (χ1v) is 4.90.